The first-order valence-electron chi connectivity index (χ1n) is 12.0. The summed E-state index contributed by atoms with van der Waals surface area (Å²) in [5.74, 6) is -0.978. The van der Waals surface area contributed by atoms with Crippen molar-refractivity contribution < 1.29 is 22.4 Å². The van der Waals surface area contributed by atoms with Crippen LogP contribution in [0.5, 0.6) is 0 Å². The number of aromatic nitrogens is 1. The number of rotatable bonds is 8. The van der Waals surface area contributed by atoms with Crippen LogP contribution >= 0.6 is 0 Å². The lowest BCUT2D eigenvalue weighted by Gasteiger charge is -2.35. The van der Waals surface area contributed by atoms with Crippen molar-refractivity contribution in [3.8, 4) is 0 Å². The Hall–Kier alpha value is -3.26. The molecule has 1 aromatic heterocycles. The van der Waals surface area contributed by atoms with Gasteiger partial charge < -0.3 is 5.73 Å². The van der Waals surface area contributed by atoms with Crippen molar-refractivity contribution >= 4 is 5.91 Å². The van der Waals surface area contributed by atoms with E-state index < -0.39 is 29.6 Å². The molecule has 3 aromatic rings. The molecule has 2 unspecified atom stereocenters. The molecule has 2 N–H and O–H groups in total. The van der Waals surface area contributed by atoms with Crippen LogP contribution in [0.2, 0.25) is 0 Å². The molecule has 1 aliphatic carbocycles. The van der Waals surface area contributed by atoms with Gasteiger partial charge in [0.25, 0.3) is 0 Å². The molecule has 0 bridgehead atoms. The van der Waals surface area contributed by atoms with Crippen molar-refractivity contribution in [3.63, 3.8) is 0 Å². The summed E-state index contributed by atoms with van der Waals surface area (Å²) in [5, 5.41) is 0. The highest BCUT2D eigenvalue weighted by Gasteiger charge is 2.33. The monoisotopic (exact) mass is 499 g/mol. The molecule has 36 heavy (non-hydrogen) atoms. The fraction of sp³-hybridized carbons (Fsp3) is 0.357. The zero-order chi connectivity index (χ0) is 25.9. The topological polar surface area (TPSA) is 59.2 Å². The van der Waals surface area contributed by atoms with Crippen LogP contribution in [0.1, 0.15) is 64.9 Å². The third-order valence-corrected chi connectivity index (χ3v) is 6.93. The normalized spacial score (nSPS) is 15.4. The van der Waals surface area contributed by atoms with Gasteiger partial charge in [0.1, 0.15) is 17.6 Å². The van der Waals surface area contributed by atoms with Crippen LogP contribution in [0, 0.1) is 5.82 Å². The molecule has 2 aromatic carbocycles. The van der Waals surface area contributed by atoms with E-state index in [0.717, 1.165) is 37.3 Å². The molecule has 0 saturated carbocycles. The van der Waals surface area contributed by atoms with E-state index in [-0.39, 0.29) is 6.04 Å². The van der Waals surface area contributed by atoms with Crippen LogP contribution in [-0.4, -0.2) is 22.8 Å². The smallest absolute Gasteiger partial charge is 0.368 e. The lowest BCUT2D eigenvalue weighted by atomic mass is 9.87. The highest BCUT2D eigenvalue weighted by Crippen LogP contribution is 2.35. The molecule has 2 atom stereocenters. The molecule has 0 aliphatic heterocycles. The summed E-state index contributed by atoms with van der Waals surface area (Å²) < 4.78 is 52.3. The van der Waals surface area contributed by atoms with Crippen LogP contribution in [0.25, 0.3) is 0 Å². The fourth-order valence-electron chi connectivity index (χ4n) is 5.03. The number of likely N-dealkylation sites (N-methyl/N-ethyl adjacent to an activating group) is 1. The van der Waals surface area contributed by atoms with Gasteiger partial charge in [-0.3, -0.25) is 14.7 Å². The van der Waals surface area contributed by atoms with Gasteiger partial charge in [0.2, 0.25) is 5.91 Å². The van der Waals surface area contributed by atoms with Gasteiger partial charge in [-0.15, -0.1) is 0 Å². The number of hydrogen-bond donors (Lipinski definition) is 1. The molecule has 0 radical (unpaired) electrons. The van der Waals surface area contributed by atoms with E-state index in [1.165, 1.54) is 35.5 Å². The Bertz CT molecular complexity index is 1190. The second-order valence-corrected chi connectivity index (χ2v) is 9.36. The average molecular weight is 500 g/mol. The molecule has 4 rings (SSSR count). The van der Waals surface area contributed by atoms with E-state index in [0.29, 0.717) is 24.0 Å². The van der Waals surface area contributed by atoms with Crippen molar-refractivity contribution in [2.75, 3.05) is 7.05 Å². The number of fused-ring (bicyclic) bond motifs is 1. The summed E-state index contributed by atoms with van der Waals surface area (Å²) in [6, 6.07) is 13.4. The van der Waals surface area contributed by atoms with Gasteiger partial charge in [0, 0.05) is 12.2 Å². The maximum Gasteiger partial charge on any atom is 0.433 e. The number of alkyl halides is 3. The Balaban J connectivity index is 1.65. The van der Waals surface area contributed by atoms with E-state index in [2.05, 4.69) is 23.2 Å². The first-order valence-corrected chi connectivity index (χ1v) is 12.0. The summed E-state index contributed by atoms with van der Waals surface area (Å²) >= 11 is 0. The molecule has 4 nitrogen and oxygen atoms in total. The molecular weight excluding hydrogens is 470 g/mol. The van der Waals surface area contributed by atoms with E-state index in [4.69, 9.17) is 5.73 Å². The number of hydrogen-bond acceptors (Lipinski definition) is 3. The average Bonchev–Trinajstić information content (AvgIpc) is 2.85. The molecule has 1 aliphatic rings. The molecular formula is C28H29F4N3O. The first kappa shape index (κ1) is 25.8. The lowest BCUT2D eigenvalue weighted by Crippen LogP contribution is -2.38. The SMILES string of the molecule is CN(C(CCc1ccc(C(F)(F)F)nc1)c1ccc2c(c1)CCCC2)C(C(N)=O)c1ccc(F)cc1. The Morgan fingerprint density at radius 1 is 1.00 bits per heavy atom. The Labute approximate surface area is 208 Å². The summed E-state index contributed by atoms with van der Waals surface area (Å²) in [4.78, 5) is 18.0. The molecule has 0 spiro atoms. The van der Waals surface area contributed by atoms with E-state index in [1.54, 1.807) is 19.2 Å². The number of carbonyl (C=O) groups excluding carboxylic acids is 1. The molecule has 0 fully saturated rings. The van der Waals surface area contributed by atoms with Gasteiger partial charge in [0.15, 0.2) is 0 Å². The molecule has 8 heteroatoms. The largest absolute Gasteiger partial charge is 0.433 e. The predicted octanol–water partition coefficient (Wildman–Crippen LogP) is 5.95. The van der Waals surface area contributed by atoms with Crippen molar-refractivity contribution in [3.05, 3.63) is 100 Å². The number of primary amides is 1. The van der Waals surface area contributed by atoms with E-state index >= 15 is 0 Å². The minimum Gasteiger partial charge on any atom is -0.368 e. The second kappa shape index (κ2) is 10.8. The van der Waals surface area contributed by atoms with Crippen molar-refractivity contribution in [1.82, 2.24) is 9.88 Å². The summed E-state index contributed by atoms with van der Waals surface area (Å²) in [7, 11) is 1.80. The molecule has 1 heterocycles. The minimum atomic E-state index is -4.49. The van der Waals surface area contributed by atoms with Crippen molar-refractivity contribution in [2.45, 2.75) is 56.8 Å². The number of nitrogens with zero attached hydrogens (tertiary/aromatic N) is 2. The molecule has 1 amide bonds. The van der Waals surface area contributed by atoms with E-state index in [1.807, 2.05) is 4.90 Å². The van der Waals surface area contributed by atoms with Crippen molar-refractivity contribution in [1.29, 1.82) is 0 Å². The maximum absolute atomic E-state index is 13.5. The first-order chi connectivity index (χ1) is 17.1. The number of nitrogens with two attached hydrogens (primary N) is 1. The second-order valence-electron chi connectivity index (χ2n) is 9.36. The van der Waals surface area contributed by atoms with Crippen LogP contribution in [0.3, 0.4) is 0 Å². The highest BCUT2D eigenvalue weighted by molar-refractivity contribution is 5.81. The Morgan fingerprint density at radius 3 is 2.28 bits per heavy atom. The molecule has 0 saturated heterocycles. The molecule has 190 valence electrons. The zero-order valence-corrected chi connectivity index (χ0v) is 20.1. The number of carbonyl (C=O) groups is 1. The standard InChI is InChI=1S/C28H29F4N3O/c1-35(26(27(33)36)20-10-12-23(29)13-11-20)24(22-9-8-19-4-2-3-5-21(19)16-22)14-6-18-7-15-25(34-17-18)28(30,31)32/h7-13,15-17,24,26H,2-6,14H2,1H3,(H2,33,36). The number of aryl methyl sites for hydroxylation is 3. The Kier molecular flexibility index (Phi) is 7.73. The van der Waals surface area contributed by atoms with Crippen LogP contribution < -0.4 is 5.73 Å². The maximum atomic E-state index is 13.5. The van der Waals surface area contributed by atoms with Crippen molar-refractivity contribution in [2.24, 2.45) is 5.73 Å². The van der Waals surface area contributed by atoms with Crippen LogP contribution in [0.15, 0.2) is 60.8 Å². The predicted molar refractivity (Wildman–Crippen MR) is 129 cm³/mol. The summed E-state index contributed by atoms with van der Waals surface area (Å²) in [5.41, 5.74) is 9.73. The summed E-state index contributed by atoms with van der Waals surface area (Å²) in [6.45, 7) is 0. The van der Waals surface area contributed by atoms with Crippen LogP contribution in [0.4, 0.5) is 17.6 Å². The number of halogens is 4. The van der Waals surface area contributed by atoms with Crippen LogP contribution in [-0.2, 0) is 30.2 Å². The van der Waals surface area contributed by atoms with Gasteiger partial charge in [-0.2, -0.15) is 13.2 Å². The fourth-order valence-corrected chi connectivity index (χ4v) is 5.03. The van der Waals surface area contributed by atoms with Gasteiger partial charge >= 0.3 is 6.18 Å². The van der Waals surface area contributed by atoms with Gasteiger partial charge in [-0.25, -0.2) is 4.39 Å². The Morgan fingerprint density at radius 2 is 1.67 bits per heavy atom. The number of amides is 1. The minimum absolute atomic E-state index is 0.262. The highest BCUT2D eigenvalue weighted by atomic mass is 19.4. The lowest BCUT2D eigenvalue weighted by molar-refractivity contribution is -0.141. The van der Waals surface area contributed by atoms with Gasteiger partial charge in [-0.05, 0) is 91.6 Å². The third kappa shape index (κ3) is 5.93. The van der Waals surface area contributed by atoms with Gasteiger partial charge in [-0.1, -0.05) is 36.4 Å². The third-order valence-electron chi connectivity index (χ3n) is 6.93. The van der Waals surface area contributed by atoms with E-state index in [9.17, 15) is 22.4 Å². The summed E-state index contributed by atoms with van der Waals surface area (Å²) in [6.07, 6.45) is 2.02. The van der Waals surface area contributed by atoms with Gasteiger partial charge in [0.05, 0.1) is 0 Å². The quantitative estimate of drug-likeness (QED) is 0.390. The number of benzene rings is 2. The zero-order valence-electron chi connectivity index (χ0n) is 20.1. The number of pyridine rings is 1.